The third kappa shape index (κ3) is 4.85. The van der Waals surface area contributed by atoms with Crippen molar-refractivity contribution in [3.63, 3.8) is 0 Å². The van der Waals surface area contributed by atoms with Gasteiger partial charge in [-0.2, -0.15) is 0 Å². The molecule has 2 amide bonds. The Morgan fingerprint density at radius 3 is 2.20 bits per heavy atom. The Labute approximate surface area is 185 Å². The molecule has 0 radical (unpaired) electrons. The van der Waals surface area contributed by atoms with E-state index in [9.17, 15) is 9.59 Å². The van der Waals surface area contributed by atoms with Crippen LogP contribution in [-0.4, -0.2) is 46.8 Å². The van der Waals surface area contributed by atoms with E-state index in [1.165, 1.54) is 6.42 Å². The quantitative estimate of drug-likeness (QED) is 0.641. The van der Waals surface area contributed by atoms with Gasteiger partial charge in [0.25, 0.3) is 5.91 Å². The second kappa shape index (κ2) is 8.53. The number of halogens is 1. The molecule has 164 valence electrons. The fourth-order valence-electron chi connectivity index (χ4n) is 5.83. The lowest BCUT2D eigenvalue weighted by Crippen LogP contribution is -2.51. The number of carbonyl (C=O) groups is 2. The van der Waals surface area contributed by atoms with Crippen molar-refractivity contribution in [1.82, 2.24) is 9.80 Å². The largest absolute Gasteiger partial charge is 0.339 e. The third-order valence-electron chi connectivity index (χ3n) is 7.17. The van der Waals surface area contributed by atoms with Crippen LogP contribution >= 0.6 is 11.6 Å². The molecule has 1 saturated heterocycles. The maximum absolute atomic E-state index is 13.6. The van der Waals surface area contributed by atoms with Crippen LogP contribution in [0, 0.1) is 17.3 Å². The van der Waals surface area contributed by atoms with Gasteiger partial charge in [0.1, 0.15) is 0 Å². The Balaban J connectivity index is 1.39. The summed E-state index contributed by atoms with van der Waals surface area (Å²) in [5, 5.41) is 0.635. The summed E-state index contributed by atoms with van der Waals surface area (Å²) in [6, 6.07) is 7.91. The summed E-state index contributed by atoms with van der Waals surface area (Å²) >= 11 is 5.94. The maximum Gasteiger partial charge on any atom is 0.253 e. The molecule has 0 aromatic heterocycles. The van der Waals surface area contributed by atoms with Crippen LogP contribution in [0.15, 0.2) is 24.3 Å². The molecule has 3 fully saturated rings. The first-order valence-electron chi connectivity index (χ1n) is 11.6. The van der Waals surface area contributed by atoms with E-state index in [-0.39, 0.29) is 11.8 Å². The van der Waals surface area contributed by atoms with Crippen molar-refractivity contribution in [3.8, 4) is 0 Å². The van der Waals surface area contributed by atoms with Crippen LogP contribution in [0.2, 0.25) is 5.02 Å². The lowest BCUT2D eigenvalue weighted by Gasteiger charge is -2.45. The van der Waals surface area contributed by atoms with Gasteiger partial charge in [-0.25, -0.2) is 0 Å². The van der Waals surface area contributed by atoms with E-state index in [0.717, 1.165) is 38.5 Å². The van der Waals surface area contributed by atoms with Crippen molar-refractivity contribution in [2.45, 2.75) is 77.8 Å². The summed E-state index contributed by atoms with van der Waals surface area (Å²) in [4.78, 5) is 30.6. The van der Waals surface area contributed by atoms with E-state index in [1.807, 2.05) is 4.90 Å². The van der Waals surface area contributed by atoms with Gasteiger partial charge in [0.2, 0.25) is 5.91 Å². The number of hydrogen-bond acceptors (Lipinski definition) is 2. The van der Waals surface area contributed by atoms with Gasteiger partial charge >= 0.3 is 0 Å². The minimum absolute atomic E-state index is 0.0412. The molecule has 2 atom stereocenters. The van der Waals surface area contributed by atoms with Crippen molar-refractivity contribution < 1.29 is 9.59 Å². The van der Waals surface area contributed by atoms with E-state index in [0.29, 0.717) is 53.0 Å². The van der Waals surface area contributed by atoms with Gasteiger partial charge < -0.3 is 9.80 Å². The Kier molecular flexibility index (Phi) is 6.16. The molecule has 2 saturated carbocycles. The molecule has 1 aliphatic heterocycles. The number of piperidine rings is 1. The van der Waals surface area contributed by atoms with Gasteiger partial charge in [0.05, 0.1) is 0 Å². The van der Waals surface area contributed by atoms with Gasteiger partial charge in [-0.15, -0.1) is 0 Å². The highest BCUT2D eigenvalue weighted by molar-refractivity contribution is 6.30. The third-order valence-corrected chi connectivity index (χ3v) is 7.43. The number of likely N-dealkylation sites (tertiary alicyclic amines) is 1. The van der Waals surface area contributed by atoms with Crippen LogP contribution in [-0.2, 0) is 4.79 Å². The average Bonchev–Trinajstić information content (AvgIpc) is 3.52. The highest BCUT2D eigenvalue weighted by Crippen LogP contribution is 2.44. The Morgan fingerprint density at radius 1 is 1.00 bits per heavy atom. The number of rotatable bonds is 4. The zero-order chi connectivity index (χ0) is 21.5. The van der Waals surface area contributed by atoms with E-state index < -0.39 is 0 Å². The van der Waals surface area contributed by atoms with Crippen LogP contribution in [0.4, 0.5) is 0 Å². The van der Waals surface area contributed by atoms with E-state index in [1.54, 1.807) is 24.3 Å². The molecule has 1 heterocycles. The molecule has 2 unspecified atom stereocenters. The number of benzene rings is 1. The van der Waals surface area contributed by atoms with Crippen LogP contribution in [0.1, 0.15) is 76.1 Å². The maximum atomic E-state index is 13.6. The molecule has 1 aromatic rings. The van der Waals surface area contributed by atoms with Crippen molar-refractivity contribution in [3.05, 3.63) is 34.9 Å². The van der Waals surface area contributed by atoms with Crippen LogP contribution in [0.25, 0.3) is 0 Å². The van der Waals surface area contributed by atoms with E-state index in [4.69, 9.17) is 11.6 Å². The van der Waals surface area contributed by atoms with E-state index >= 15 is 0 Å². The standard InChI is InChI=1S/C25H35ClN2O2/c1-17-14-22(16-25(2,3)15-17)28(21-8-9-21)24(30)19-10-12-27(13-11-19)23(29)18-4-6-20(26)7-5-18/h4-7,17,19,21-22H,8-16H2,1-3H3. The zero-order valence-electron chi connectivity index (χ0n) is 18.6. The minimum atomic E-state index is 0.0412. The van der Waals surface area contributed by atoms with Crippen molar-refractivity contribution in [2.75, 3.05) is 13.1 Å². The van der Waals surface area contributed by atoms with Crippen LogP contribution in [0.3, 0.4) is 0 Å². The second-order valence-electron chi connectivity index (χ2n) is 10.6. The molecule has 0 spiro atoms. The molecule has 0 N–H and O–H groups in total. The molecule has 30 heavy (non-hydrogen) atoms. The first kappa shape index (κ1) is 21.7. The normalized spacial score (nSPS) is 27.0. The summed E-state index contributed by atoms with van der Waals surface area (Å²) in [5.41, 5.74) is 0.978. The van der Waals surface area contributed by atoms with Crippen molar-refractivity contribution in [1.29, 1.82) is 0 Å². The lowest BCUT2D eigenvalue weighted by molar-refractivity contribution is -0.142. The fourth-order valence-corrected chi connectivity index (χ4v) is 5.96. The topological polar surface area (TPSA) is 40.6 Å². The molecule has 0 bridgehead atoms. The fraction of sp³-hybridized carbons (Fsp3) is 0.680. The molecule has 2 aliphatic carbocycles. The number of nitrogens with zero attached hydrogens (tertiary/aromatic N) is 2. The lowest BCUT2D eigenvalue weighted by atomic mass is 9.70. The average molecular weight is 431 g/mol. The summed E-state index contributed by atoms with van der Waals surface area (Å²) in [6.45, 7) is 8.36. The van der Waals surface area contributed by atoms with Crippen molar-refractivity contribution >= 4 is 23.4 Å². The molecule has 4 rings (SSSR count). The van der Waals surface area contributed by atoms with E-state index in [2.05, 4.69) is 25.7 Å². The Morgan fingerprint density at radius 2 is 1.63 bits per heavy atom. The van der Waals surface area contributed by atoms with Crippen LogP contribution in [0.5, 0.6) is 0 Å². The van der Waals surface area contributed by atoms with Gasteiger partial charge in [0.15, 0.2) is 0 Å². The summed E-state index contributed by atoms with van der Waals surface area (Å²) < 4.78 is 0. The van der Waals surface area contributed by atoms with Crippen molar-refractivity contribution in [2.24, 2.45) is 17.3 Å². The Bertz CT molecular complexity index is 779. The predicted molar refractivity (Wildman–Crippen MR) is 121 cm³/mol. The van der Waals surface area contributed by atoms with Gasteiger partial charge in [0, 0.05) is 41.7 Å². The molecule has 1 aromatic carbocycles. The first-order chi connectivity index (χ1) is 14.2. The minimum Gasteiger partial charge on any atom is -0.339 e. The highest BCUT2D eigenvalue weighted by atomic mass is 35.5. The SMILES string of the molecule is CC1CC(N(C(=O)C2CCN(C(=O)c3ccc(Cl)cc3)CC2)C2CC2)CC(C)(C)C1. The summed E-state index contributed by atoms with van der Waals surface area (Å²) in [7, 11) is 0. The smallest absolute Gasteiger partial charge is 0.253 e. The number of hydrogen-bond donors (Lipinski definition) is 0. The monoisotopic (exact) mass is 430 g/mol. The summed E-state index contributed by atoms with van der Waals surface area (Å²) in [5.74, 6) is 1.12. The summed E-state index contributed by atoms with van der Waals surface area (Å²) in [6.07, 6.45) is 7.37. The molecular weight excluding hydrogens is 396 g/mol. The number of amides is 2. The molecule has 4 nitrogen and oxygen atoms in total. The molecular formula is C25H35ClN2O2. The van der Waals surface area contributed by atoms with Gasteiger partial charge in [-0.1, -0.05) is 32.4 Å². The van der Waals surface area contributed by atoms with Crippen LogP contribution < -0.4 is 0 Å². The molecule has 5 heteroatoms. The van der Waals surface area contributed by atoms with Gasteiger partial charge in [-0.05, 0) is 80.5 Å². The first-order valence-corrected chi connectivity index (χ1v) is 12.0. The Hall–Kier alpha value is -1.55. The second-order valence-corrected chi connectivity index (χ2v) is 11.1. The predicted octanol–water partition coefficient (Wildman–Crippen LogP) is 5.40. The highest BCUT2D eigenvalue weighted by Gasteiger charge is 2.44. The van der Waals surface area contributed by atoms with Gasteiger partial charge in [-0.3, -0.25) is 9.59 Å². The zero-order valence-corrected chi connectivity index (χ0v) is 19.3. The number of carbonyl (C=O) groups excluding carboxylic acids is 2. The molecule has 3 aliphatic rings.